The van der Waals surface area contributed by atoms with Crippen LogP contribution in [-0.4, -0.2) is 6.29 Å². The molecule has 13 heavy (non-hydrogen) atoms. The molecule has 1 aromatic carbocycles. The quantitative estimate of drug-likeness (QED) is 0.707. The Morgan fingerprint density at radius 2 is 2.08 bits per heavy atom. The molecule has 0 aliphatic heterocycles. The van der Waals surface area contributed by atoms with E-state index < -0.39 is 0 Å². The maximum Gasteiger partial charge on any atom is 0.150 e. The lowest BCUT2D eigenvalue weighted by atomic mass is 10.1. The number of carbonyl (C=O) groups excluding carboxylic acids is 1. The fourth-order valence-electron chi connectivity index (χ4n) is 0.702. The maximum absolute atomic E-state index is 10.3. The van der Waals surface area contributed by atoms with E-state index in [-0.39, 0.29) is 0 Å². The van der Waals surface area contributed by atoms with Crippen molar-refractivity contribution >= 4 is 22.2 Å². The Labute approximate surface area is 86.3 Å². The van der Waals surface area contributed by atoms with Gasteiger partial charge in [-0.15, -0.1) is 0 Å². The summed E-state index contributed by atoms with van der Waals surface area (Å²) < 4.78 is 0.714. The Kier molecular flexibility index (Phi) is 5.82. The lowest BCUT2D eigenvalue weighted by Gasteiger charge is -1.93. The van der Waals surface area contributed by atoms with Crippen LogP contribution in [0.15, 0.2) is 22.7 Å². The van der Waals surface area contributed by atoms with Gasteiger partial charge < -0.3 is 0 Å². The van der Waals surface area contributed by atoms with E-state index in [0.29, 0.717) is 21.9 Å². The molecule has 0 unspecified atom stereocenters. The molecule has 0 atom stereocenters. The number of nitrogens with zero attached hydrogens (tertiary/aromatic N) is 1. The molecule has 0 fully saturated rings. The van der Waals surface area contributed by atoms with Crippen LogP contribution in [0.25, 0.3) is 0 Å². The van der Waals surface area contributed by atoms with Gasteiger partial charge in [0, 0.05) is 10.0 Å². The highest BCUT2D eigenvalue weighted by Gasteiger charge is 1.98. The van der Waals surface area contributed by atoms with Gasteiger partial charge in [-0.05, 0) is 28.1 Å². The summed E-state index contributed by atoms with van der Waals surface area (Å²) in [5.41, 5.74) is 0.999. The number of rotatable bonds is 1. The Hall–Kier alpha value is -1.14. The molecule has 0 amide bonds. The van der Waals surface area contributed by atoms with Crippen molar-refractivity contribution in [3.8, 4) is 6.07 Å². The number of nitriles is 1. The van der Waals surface area contributed by atoms with Gasteiger partial charge in [-0.1, -0.05) is 19.9 Å². The van der Waals surface area contributed by atoms with E-state index in [9.17, 15) is 4.79 Å². The number of hydrogen-bond donors (Lipinski definition) is 0. The lowest BCUT2D eigenvalue weighted by Crippen LogP contribution is -1.82. The van der Waals surface area contributed by atoms with Gasteiger partial charge in [0.15, 0.2) is 0 Å². The predicted molar refractivity (Wildman–Crippen MR) is 55.6 cm³/mol. The molecule has 0 saturated heterocycles. The summed E-state index contributed by atoms with van der Waals surface area (Å²) in [6.07, 6.45) is 0.716. The molecule has 0 heterocycles. The molecule has 0 bridgehead atoms. The SMILES string of the molecule is CC.N#Cc1cc(C=O)ccc1Br. The Bertz CT molecular complexity index is 328. The highest BCUT2D eigenvalue weighted by Crippen LogP contribution is 2.16. The smallest absolute Gasteiger partial charge is 0.150 e. The summed E-state index contributed by atoms with van der Waals surface area (Å²) in [6, 6.07) is 6.84. The van der Waals surface area contributed by atoms with Crippen LogP contribution in [0.2, 0.25) is 0 Å². The average Bonchev–Trinajstić information content (AvgIpc) is 2.22. The lowest BCUT2D eigenvalue weighted by molar-refractivity contribution is 0.112. The summed E-state index contributed by atoms with van der Waals surface area (Å²) >= 11 is 3.18. The zero-order chi connectivity index (χ0) is 10.3. The Morgan fingerprint density at radius 1 is 1.46 bits per heavy atom. The fourth-order valence-corrected chi connectivity index (χ4v) is 1.04. The van der Waals surface area contributed by atoms with Crippen LogP contribution >= 0.6 is 15.9 Å². The summed E-state index contributed by atoms with van der Waals surface area (Å²) in [6.45, 7) is 4.00. The molecule has 1 aromatic rings. The molecule has 0 radical (unpaired) electrons. The molecule has 0 N–H and O–H groups in total. The van der Waals surface area contributed by atoms with Crippen LogP contribution < -0.4 is 0 Å². The molecule has 3 heteroatoms. The number of benzene rings is 1. The molecule has 2 nitrogen and oxygen atoms in total. The second-order valence-electron chi connectivity index (χ2n) is 1.97. The van der Waals surface area contributed by atoms with E-state index >= 15 is 0 Å². The van der Waals surface area contributed by atoms with Crippen LogP contribution in [0.3, 0.4) is 0 Å². The zero-order valence-corrected chi connectivity index (χ0v) is 9.13. The van der Waals surface area contributed by atoms with Crippen molar-refractivity contribution < 1.29 is 4.79 Å². The van der Waals surface area contributed by atoms with Gasteiger partial charge in [0.1, 0.15) is 12.4 Å². The number of hydrogen-bond acceptors (Lipinski definition) is 2. The highest BCUT2D eigenvalue weighted by atomic mass is 79.9. The summed E-state index contributed by atoms with van der Waals surface area (Å²) in [4.78, 5) is 10.3. The van der Waals surface area contributed by atoms with Crippen molar-refractivity contribution in [1.29, 1.82) is 5.26 Å². The van der Waals surface area contributed by atoms with Crippen molar-refractivity contribution in [3.63, 3.8) is 0 Å². The molecule has 68 valence electrons. The first-order valence-electron chi connectivity index (χ1n) is 3.93. The van der Waals surface area contributed by atoms with Crippen LogP contribution in [0.5, 0.6) is 0 Å². The van der Waals surface area contributed by atoms with E-state index in [1.54, 1.807) is 12.1 Å². The first-order chi connectivity index (χ1) is 6.27. The highest BCUT2D eigenvalue weighted by molar-refractivity contribution is 9.10. The fraction of sp³-hybridized carbons (Fsp3) is 0.200. The molecule has 0 spiro atoms. The van der Waals surface area contributed by atoms with Crippen molar-refractivity contribution in [3.05, 3.63) is 33.8 Å². The summed E-state index contributed by atoms with van der Waals surface area (Å²) in [5, 5.41) is 8.54. The third-order valence-electron chi connectivity index (χ3n) is 1.25. The van der Waals surface area contributed by atoms with Crippen molar-refractivity contribution in [1.82, 2.24) is 0 Å². The van der Waals surface area contributed by atoms with Crippen molar-refractivity contribution in [2.75, 3.05) is 0 Å². The molecular weight excluding hydrogens is 230 g/mol. The van der Waals surface area contributed by atoms with Gasteiger partial charge in [-0.3, -0.25) is 4.79 Å². The number of carbonyl (C=O) groups is 1. The number of halogens is 1. The van der Waals surface area contributed by atoms with E-state index in [1.165, 1.54) is 6.07 Å². The summed E-state index contributed by atoms with van der Waals surface area (Å²) in [7, 11) is 0. The molecule has 0 aliphatic carbocycles. The second-order valence-corrected chi connectivity index (χ2v) is 2.82. The average molecular weight is 240 g/mol. The molecule has 0 aromatic heterocycles. The molecule has 0 aliphatic rings. The van der Waals surface area contributed by atoms with Gasteiger partial charge in [0.05, 0.1) is 5.56 Å². The molecule has 1 rings (SSSR count). The van der Waals surface area contributed by atoms with E-state index in [0.717, 1.165) is 0 Å². The largest absolute Gasteiger partial charge is 0.298 e. The van der Waals surface area contributed by atoms with Crippen LogP contribution in [0.1, 0.15) is 29.8 Å². The van der Waals surface area contributed by atoms with Gasteiger partial charge in [-0.25, -0.2) is 0 Å². The Balaban J connectivity index is 0.000000671. The minimum Gasteiger partial charge on any atom is -0.298 e. The van der Waals surface area contributed by atoms with E-state index in [4.69, 9.17) is 5.26 Å². The topological polar surface area (TPSA) is 40.9 Å². The van der Waals surface area contributed by atoms with Gasteiger partial charge >= 0.3 is 0 Å². The van der Waals surface area contributed by atoms with Gasteiger partial charge in [-0.2, -0.15) is 5.26 Å². The van der Waals surface area contributed by atoms with Crippen LogP contribution in [0, 0.1) is 11.3 Å². The molecular formula is C10H10BrNO. The third-order valence-corrected chi connectivity index (χ3v) is 1.94. The molecule has 0 saturated carbocycles. The zero-order valence-electron chi connectivity index (χ0n) is 7.54. The maximum atomic E-state index is 10.3. The van der Waals surface area contributed by atoms with Crippen LogP contribution in [-0.2, 0) is 0 Å². The monoisotopic (exact) mass is 239 g/mol. The van der Waals surface area contributed by atoms with E-state index in [2.05, 4.69) is 15.9 Å². The second kappa shape index (κ2) is 6.38. The normalized spacial score (nSPS) is 7.85. The predicted octanol–water partition coefficient (Wildman–Crippen LogP) is 3.16. The van der Waals surface area contributed by atoms with Gasteiger partial charge in [0.2, 0.25) is 0 Å². The first kappa shape index (κ1) is 11.9. The van der Waals surface area contributed by atoms with E-state index in [1.807, 2.05) is 19.9 Å². The van der Waals surface area contributed by atoms with Crippen molar-refractivity contribution in [2.45, 2.75) is 13.8 Å². The Morgan fingerprint density at radius 3 is 2.54 bits per heavy atom. The van der Waals surface area contributed by atoms with Gasteiger partial charge in [0.25, 0.3) is 0 Å². The first-order valence-corrected chi connectivity index (χ1v) is 4.72. The minimum atomic E-state index is 0.481. The number of aldehydes is 1. The van der Waals surface area contributed by atoms with Crippen molar-refractivity contribution in [2.24, 2.45) is 0 Å². The minimum absolute atomic E-state index is 0.481. The van der Waals surface area contributed by atoms with Crippen LogP contribution in [0.4, 0.5) is 0 Å². The standard InChI is InChI=1S/C8H4BrNO.C2H6/c9-8-2-1-6(5-11)3-7(8)4-10;1-2/h1-3,5H;1-2H3. The third kappa shape index (κ3) is 3.39. The summed E-state index contributed by atoms with van der Waals surface area (Å²) in [5.74, 6) is 0.